The van der Waals surface area contributed by atoms with E-state index in [-0.39, 0.29) is 11.3 Å². The lowest BCUT2D eigenvalue weighted by atomic mass is 9.76. The van der Waals surface area contributed by atoms with E-state index in [0.717, 1.165) is 17.1 Å². The highest BCUT2D eigenvalue weighted by atomic mass is 16.5. The van der Waals surface area contributed by atoms with Gasteiger partial charge in [0.25, 0.3) is 0 Å². The maximum Gasteiger partial charge on any atom is 0.220 e. The third-order valence-electron chi connectivity index (χ3n) is 5.51. The van der Waals surface area contributed by atoms with Gasteiger partial charge < -0.3 is 14.8 Å². The van der Waals surface area contributed by atoms with Crippen LogP contribution in [0, 0.1) is 0 Å². The van der Waals surface area contributed by atoms with Crippen LogP contribution in [0.5, 0.6) is 11.5 Å². The normalized spacial score (nSPS) is 11.0. The SMILES string of the molecule is COc1cc(CCC(=O)NCC(C)(c2ccccc2)c2ccccc2)cc(OC)c1. The van der Waals surface area contributed by atoms with E-state index in [2.05, 4.69) is 36.5 Å². The van der Waals surface area contributed by atoms with Gasteiger partial charge in [0.15, 0.2) is 0 Å². The fourth-order valence-corrected chi connectivity index (χ4v) is 3.62. The molecule has 4 nitrogen and oxygen atoms in total. The topological polar surface area (TPSA) is 47.6 Å². The molecule has 0 radical (unpaired) electrons. The molecule has 0 aromatic heterocycles. The van der Waals surface area contributed by atoms with E-state index in [4.69, 9.17) is 9.47 Å². The van der Waals surface area contributed by atoms with Gasteiger partial charge in [-0.2, -0.15) is 0 Å². The van der Waals surface area contributed by atoms with Crippen molar-refractivity contribution in [2.24, 2.45) is 0 Å². The van der Waals surface area contributed by atoms with Crippen LogP contribution >= 0.6 is 0 Å². The second-order valence-corrected chi connectivity index (χ2v) is 7.56. The summed E-state index contributed by atoms with van der Waals surface area (Å²) in [5, 5.41) is 3.15. The first-order valence-corrected chi connectivity index (χ1v) is 10.1. The molecule has 0 atom stereocenters. The Bertz CT molecular complexity index is 893. The van der Waals surface area contributed by atoms with Gasteiger partial charge in [-0.1, -0.05) is 60.7 Å². The maximum atomic E-state index is 12.7. The van der Waals surface area contributed by atoms with E-state index < -0.39 is 0 Å². The fraction of sp³-hybridized carbons (Fsp3) is 0.269. The highest BCUT2D eigenvalue weighted by Gasteiger charge is 2.29. The summed E-state index contributed by atoms with van der Waals surface area (Å²) in [7, 11) is 3.25. The number of nitrogens with one attached hydrogen (secondary N) is 1. The minimum atomic E-state index is -0.308. The third-order valence-corrected chi connectivity index (χ3v) is 5.51. The number of carbonyl (C=O) groups excluding carboxylic acids is 1. The van der Waals surface area contributed by atoms with Crippen molar-refractivity contribution in [1.29, 1.82) is 0 Å². The highest BCUT2D eigenvalue weighted by Crippen LogP contribution is 2.31. The monoisotopic (exact) mass is 403 g/mol. The molecular formula is C26H29NO3. The van der Waals surface area contributed by atoms with Crippen LogP contribution in [0.25, 0.3) is 0 Å². The average molecular weight is 404 g/mol. The zero-order valence-corrected chi connectivity index (χ0v) is 17.9. The van der Waals surface area contributed by atoms with Crippen molar-refractivity contribution in [2.45, 2.75) is 25.2 Å². The van der Waals surface area contributed by atoms with Crippen LogP contribution in [-0.4, -0.2) is 26.7 Å². The molecule has 0 aliphatic rings. The van der Waals surface area contributed by atoms with E-state index in [1.165, 1.54) is 11.1 Å². The molecule has 3 aromatic rings. The lowest BCUT2D eigenvalue weighted by molar-refractivity contribution is -0.121. The number of methoxy groups -OCH3 is 2. The molecule has 1 amide bonds. The van der Waals surface area contributed by atoms with Crippen LogP contribution in [0.3, 0.4) is 0 Å². The number of ether oxygens (including phenoxy) is 2. The third kappa shape index (κ3) is 5.20. The Morgan fingerprint density at radius 2 is 1.33 bits per heavy atom. The zero-order chi connectivity index (χ0) is 21.4. The van der Waals surface area contributed by atoms with Crippen molar-refractivity contribution in [3.63, 3.8) is 0 Å². The Morgan fingerprint density at radius 1 is 0.833 bits per heavy atom. The minimum Gasteiger partial charge on any atom is -0.497 e. The molecule has 0 heterocycles. The molecule has 0 spiro atoms. The molecule has 0 fully saturated rings. The molecule has 4 heteroatoms. The zero-order valence-electron chi connectivity index (χ0n) is 17.9. The minimum absolute atomic E-state index is 0.0230. The van der Waals surface area contributed by atoms with Crippen molar-refractivity contribution in [3.05, 3.63) is 95.6 Å². The lowest BCUT2D eigenvalue weighted by Crippen LogP contribution is -2.39. The summed E-state index contributed by atoms with van der Waals surface area (Å²) in [6, 6.07) is 26.3. The van der Waals surface area contributed by atoms with E-state index in [1.54, 1.807) is 14.2 Å². The summed E-state index contributed by atoms with van der Waals surface area (Å²) in [6.07, 6.45) is 1.02. The smallest absolute Gasteiger partial charge is 0.220 e. The van der Waals surface area contributed by atoms with Gasteiger partial charge in [0.05, 0.1) is 14.2 Å². The largest absolute Gasteiger partial charge is 0.497 e. The van der Waals surface area contributed by atoms with Gasteiger partial charge >= 0.3 is 0 Å². The molecule has 1 N–H and O–H groups in total. The Morgan fingerprint density at radius 3 is 1.80 bits per heavy atom. The first-order valence-electron chi connectivity index (χ1n) is 10.1. The molecule has 0 bridgehead atoms. The number of hydrogen-bond donors (Lipinski definition) is 1. The number of carbonyl (C=O) groups is 1. The van der Waals surface area contributed by atoms with Crippen molar-refractivity contribution in [2.75, 3.05) is 20.8 Å². The van der Waals surface area contributed by atoms with Gasteiger partial charge in [-0.25, -0.2) is 0 Å². The predicted octanol–water partition coefficient (Wildman–Crippen LogP) is 4.76. The average Bonchev–Trinajstić information content (AvgIpc) is 2.82. The Labute approximate surface area is 178 Å². The van der Waals surface area contributed by atoms with Crippen LogP contribution < -0.4 is 14.8 Å². The number of aryl methyl sites for hydroxylation is 1. The molecule has 3 rings (SSSR count). The molecule has 30 heavy (non-hydrogen) atoms. The fourth-order valence-electron chi connectivity index (χ4n) is 3.62. The van der Waals surface area contributed by atoms with Gasteiger partial charge in [0.1, 0.15) is 11.5 Å². The summed E-state index contributed by atoms with van der Waals surface area (Å²) in [5.74, 6) is 1.48. The van der Waals surface area contributed by atoms with E-state index in [0.29, 0.717) is 19.4 Å². The molecule has 0 aliphatic carbocycles. The molecule has 0 unspecified atom stereocenters. The summed E-state index contributed by atoms with van der Waals surface area (Å²) >= 11 is 0. The van der Waals surface area contributed by atoms with Gasteiger partial charge in [0.2, 0.25) is 5.91 Å². The molecule has 0 saturated carbocycles. The van der Waals surface area contributed by atoms with Gasteiger partial charge in [-0.3, -0.25) is 4.79 Å². The van der Waals surface area contributed by atoms with Crippen molar-refractivity contribution < 1.29 is 14.3 Å². The van der Waals surface area contributed by atoms with Crippen LogP contribution in [0.2, 0.25) is 0 Å². The Balaban J connectivity index is 1.68. The van der Waals surface area contributed by atoms with E-state index in [1.807, 2.05) is 54.6 Å². The Hall–Kier alpha value is -3.27. The summed E-state index contributed by atoms with van der Waals surface area (Å²) in [4.78, 5) is 12.7. The lowest BCUT2D eigenvalue weighted by Gasteiger charge is -2.31. The number of amides is 1. The summed E-state index contributed by atoms with van der Waals surface area (Å²) < 4.78 is 10.6. The quantitative estimate of drug-likeness (QED) is 0.560. The molecule has 0 saturated heterocycles. The Kier molecular flexibility index (Phi) is 7.12. The molecule has 0 aliphatic heterocycles. The predicted molar refractivity (Wildman–Crippen MR) is 120 cm³/mol. The number of hydrogen-bond acceptors (Lipinski definition) is 3. The van der Waals surface area contributed by atoms with Crippen LogP contribution in [0.4, 0.5) is 0 Å². The van der Waals surface area contributed by atoms with E-state index >= 15 is 0 Å². The van der Waals surface area contributed by atoms with Crippen molar-refractivity contribution in [3.8, 4) is 11.5 Å². The number of rotatable bonds is 9. The summed E-state index contributed by atoms with van der Waals surface area (Å²) in [6.45, 7) is 2.70. The standard InChI is InChI=1S/C26H29NO3/c1-26(21-10-6-4-7-11-21,22-12-8-5-9-13-22)19-27-25(28)15-14-20-16-23(29-2)18-24(17-20)30-3/h4-13,16-18H,14-15,19H2,1-3H3,(H,27,28). The molecule has 156 valence electrons. The first-order chi connectivity index (χ1) is 14.5. The second kappa shape index (κ2) is 9.97. The highest BCUT2D eigenvalue weighted by molar-refractivity contribution is 5.76. The first kappa shape index (κ1) is 21.4. The van der Waals surface area contributed by atoms with Gasteiger partial charge in [-0.05, 0) is 42.2 Å². The van der Waals surface area contributed by atoms with Gasteiger partial charge in [0, 0.05) is 24.4 Å². The molecule has 3 aromatic carbocycles. The maximum absolute atomic E-state index is 12.7. The van der Waals surface area contributed by atoms with Gasteiger partial charge in [-0.15, -0.1) is 0 Å². The van der Waals surface area contributed by atoms with Crippen LogP contribution in [0.15, 0.2) is 78.9 Å². The summed E-state index contributed by atoms with van der Waals surface area (Å²) in [5.41, 5.74) is 3.05. The van der Waals surface area contributed by atoms with Crippen LogP contribution in [0.1, 0.15) is 30.0 Å². The van der Waals surface area contributed by atoms with E-state index in [9.17, 15) is 4.79 Å². The molecular weight excluding hydrogens is 374 g/mol. The number of benzene rings is 3. The van der Waals surface area contributed by atoms with Crippen molar-refractivity contribution >= 4 is 5.91 Å². The van der Waals surface area contributed by atoms with Crippen molar-refractivity contribution in [1.82, 2.24) is 5.32 Å². The second-order valence-electron chi connectivity index (χ2n) is 7.56. The van der Waals surface area contributed by atoms with Crippen LogP contribution in [-0.2, 0) is 16.6 Å².